The summed E-state index contributed by atoms with van der Waals surface area (Å²) in [7, 11) is 0. The molecule has 0 bridgehead atoms. The summed E-state index contributed by atoms with van der Waals surface area (Å²) in [6, 6.07) is 11.5. The van der Waals surface area contributed by atoms with E-state index in [2.05, 4.69) is 11.1 Å². The van der Waals surface area contributed by atoms with Crippen molar-refractivity contribution in [3.05, 3.63) is 35.9 Å². The van der Waals surface area contributed by atoms with Gasteiger partial charge in [-0.3, -0.25) is 0 Å². The van der Waals surface area contributed by atoms with E-state index >= 15 is 0 Å². The van der Waals surface area contributed by atoms with Crippen molar-refractivity contribution in [3.63, 3.8) is 0 Å². The first-order valence-electron chi connectivity index (χ1n) is 7.42. The lowest BCUT2D eigenvalue weighted by Gasteiger charge is -2.32. The molecule has 0 amide bonds. The van der Waals surface area contributed by atoms with Crippen LogP contribution in [0.1, 0.15) is 37.7 Å². The van der Waals surface area contributed by atoms with Gasteiger partial charge in [-0.05, 0) is 18.9 Å². The highest BCUT2D eigenvalue weighted by molar-refractivity contribution is 5.85. The smallest absolute Gasteiger partial charge is 0.215 e. The van der Waals surface area contributed by atoms with Crippen LogP contribution in [0.3, 0.4) is 0 Å². The molecule has 0 spiro atoms. The van der Waals surface area contributed by atoms with Crippen LogP contribution in [0.15, 0.2) is 30.3 Å². The van der Waals surface area contributed by atoms with Crippen LogP contribution in [-0.2, 0) is 0 Å². The Morgan fingerprint density at radius 1 is 1.24 bits per heavy atom. The standard InChI is InChI=1S/C17H19N3O/c18-11-13-10-16(20-15-7-3-2-6-14(13)15)21-12-17(19)8-4-1-5-9-17/h2-3,6-7,10H,1,4-5,8-9,12,19H2. The van der Waals surface area contributed by atoms with Gasteiger partial charge in [0.15, 0.2) is 0 Å². The third-order valence-electron chi connectivity index (χ3n) is 4.17. The summed E-state index contributed by atoms with van der Waals surface area (Å²) in [4.78, 5) is 4.47. The Morgan fingerprint density at radius 2 is 2.00 bits per heavy atom. The molecule has 1 aliphatic carbocycles. The zero-order valence-electron chi connectivity index (χ0n) is 12.0. The highest BCUT2D eigenvalue weighted by Gasteiger charge is 2.28. The molecule has 4 heteroatoms. The van der Waals surface area contributed by atoms with Gasteiger partial charge in [0.1, 0.15) is 12.7 Å². The Hall–Kier alpha value is -2.12. The zero-order chi connectivity index (χ0) is 14.7. The predicted molar refractivity (Wildman–Crippen MR) is 82.0 cm³/mol. The van der Waals surface area contributed by atoms with Gasteiger partial charge < -0.3 is 10.5 Å². The summed E-state index contributed by atoms with van der Waals surface area (Å²) in [6.07, 6.45) is 5.56. The normalized spacial score (nSPS) is 17.3. The van der Waals surface area contributed by atoms with E-state index in [1.54, 1.807) is 6.07 Å². The lowest BCUT2D eigenvalue weighted by Crippen LogP contribution is -2.47. The molecular weight excluding hydrogens is 262 g/mol. The molecule has 4 nitrogen and oxygen atoms in total. The fourth-order valence-electron chi connectivity index (χ4n) is 2.94. The number of pyridine rings is 1. The second kappa shape index (κ2) is 5.71. The van der Waals surface area contributed by atoms with E-state index in [0.29, 0.717) is 18.1 Å². The van der Waals surface area contributed by atoms with Crippen molar-refractivity contribution in [1.29, 1.82) is 5.26 Å². The first-order chi connectivity index (χ1) is 10.2. The van der Waals surface area contributed by atoms with Gasteiger partial charge in [0.2, 0.25) is 5.88 Å². The molecule has 1 heterocycles. The largest absolute Gasteiger partial charge is 0.476 e. The van der Waals surface area contributed by atoms with Gasteiger partial charge >= 0.3 is 0 Å². The van der Waals surface area contributed by atoms with E-state index in [1.807, 2.05) is 24.3 Å². The van der Waals surface area contributed by atoms with Gasteiger partial charge in [0.25, 0.3) is 0 Å². The van der Waals surface area contributed by atoms with E-state index in [9.17, 15) is 5.26 Å². The lowest BCUT2D eigenvalue weighted by atomic mass is 9.83. The zero-order valence-corrected chi connectivity index (χ0v) is 12.0. The molecule has 0 saturated heterocycles. The molecule has 1 aliphatic rings. The number of aromatic nitrogens is 1. The Bertz CT molecular complexity index is 684. The van der Waals surface area contributed by atoms with Gasteiger partial charge in [0, 0.05) is 11.5 Å². The van der Waals surface area contributed by atoms with Gasteiger partial charge in [-0.25, -0.2) is 4.98 Å². The molecule has 0 radical (unpaired) electrons. The minimum atomic E-state index is -0.252. The van der Waals surface area contributed by atoms with E-state index < -0.39 is 0 Å². The molecule has 2 aromatic rings. The van der Waals surface area contributed by atoms with Crippen LogP contribution >= 0.6 is 0 Å². The molecule has 3 rings (SSSR count). The molecule has 0 atom stereocenters. The molecule has 1 aromatic carbocycles. The van der Waals surface area contributed by atoms with Gasteiger partial charge in [-0.1, -0.05) is 37.5 Å². The van der Waals surface area contributed by atoms with Crippen LogP contribution in [0.5, 0.6) is 5.88 Å². The monoisotopic (exact) mass is 281 g/mol. The van der Waals surface area contributed by atoms with E-state index in [1.165, 1.54) is 6.42 Å². The number of rotatable bonds is 3. The highest BCUT2D eigenvalue weighted by atomic mass is 16.5. The number of hydrogen-bond acceptors (Lipinski definition) is 4. The predicted octanol–water partition coefficient (Wildman–Crippen LogP) is 3.15. The van der Waals surface area contributed by atoms with E-state index in [4.69, 9.17) is 10.5 Å². The van der Waals surface area contributed by atoms with Gasteiger partial charge in [-0.2, -0.15) is 5.26 Å². The van der Waals surface area contributed by atoms with Crippen LogP contribution in [0.4, 0.5) is 0 Å². The SMILES string of the molecule is N#Cc1cc(OCC2(N)CCCCC2)nc2ccccc12. The number of hydrogen-bond donors (Lipinski definition) is 1. The number of nitrogens with zero attached hydrogens (tertiary/aromatic N) is 2. The van der Waals surface area contributed by atoms with Crippen molar-refractivity contribution in [2.24, 2.45) is 5.73 Å². The molecule has 1 fully saturated rings. The Morgan fingerprint density at radius 3 is 2.76 bits per heavy atom. The minimum Gasteiger partial charge on any atom is -0.476 e. The van der Waals surface area contributed by atoms with Crippen LogP contribution in [0.25, 0.3) is 10.9 Å². The second-order valence-electron chi connectivity index (χ2n) is 5.85. The third kappa shape index (κ3) is 2.98. The molecular formula is C17H19N3O. The maximum atomic E-state index is 9.27. The molecule has 1 aromatic heterocycles. The van der Waals surface area contributed by atoms with Crippen molar-refractivity contribution in [2.45, 2.75) is 37.6 Å². The molecule has 2 N–H and O–H groups in total. The lowest BCUT2D eigenvalue weighted by molar-refractivity contribution is 0.169. The van der Waals surface area contributed by atoms with Crippen LogP contribution in [0.2, 0.25) is 0 Å². The van der Waals surface area contributed by atoms with Crippen molar-refractivity contribution in [2.75, 3.05) is 6.61 Å². The summed E-state index contributed by atoms with van der Waals surface area (Å²) >= 11 is 0. The summed E-state index contributed by atoms with van der Waals surface area (Å²) in [5.74, 6) is 0.487. The van der Waals surface area contributed by atoms with Crippen LogP contribution in [0, 0.1) is 11.3 Å². The van der Waals surface area contributed by atoms with E-state index in [-0.39, 0.29) is 5.54 Å². The second-order valence-corrected chi connectivity index (χ2v) is 5.85. The van der Waals surface area contributed by atoms with Crippen molar-refractivity contribution < 1.29 is 4.74 Å². The first kappa shape index (κ1) is 13.8. The number of nitriles is 1. The van der Waals surface area contributed by atoms with Gasteiger partial charge in [0.05, 0.1) is 16.6 Å². The van der Waals surface area contributed by atoms with Crippen LogP contribution < -0.4 is 10.5 Å². The Kier molecular flexibility index (Phi) is 3.76. The Labute approximate surface area is 124 Å². The average molecular weight is 281 g/mol. The topological polar surface area (TPSA) is 71.9 Å². The number of nitrogens with two attached hydrogens (primary N) is 1. The quantitative estimate of drug-likeness (QED) is 0.938. The molecule has 108 valence electrons. The Balaban J connectivity index is 1.82. The van der Waals surface area contributed by atoms with Crippen LogP contribution in [-0.4, -0.2) is 17.1 Å². The summed E-state index contributed by atoms with van der Waals surface area (Å²) in [5.41, 5.74) is 7.49. The van der Waals surface area contributed by atoms with Crippen molar-refractivity contribution in [3.8, 4) is 11.9 Å². The summed E-state index contributed by atoms with van der Waals surface area (Å²) in [5, 5.41) is 10.1. The number of benzene rings is 1. The number of ether oxygens (including phenoxy) is 1. The van der Waals surface area contributed by atoms with E-state index in [0.717, 1.165) is 36.6 Å². The maximum absolute atomic E-state index is 9.27. The summed E-state index contributed by atoms with van der Waals surface area (Å²) < 4.78 is 5.81. The number of fused-ring (bicyclic) bond motifs is 1. The molecule has 0 unspecified atom stereocenters. The van der Waals surface area contributed by atoms with Crippen molar-refractivity contribution >= 4 is 10.9 Å². The fourth-order valence-corrected chi connectivity index (χ4v) is 2.94. The highest BCUT2D eigenvalue weighted by Crippen LogP contribution is 2.27. The molecule has 21 heavy (non-hydrogen) atoms. The minimum absolute atomic E-state index is 0.252. The fraction of sp³-hybridized carbons (Fsp3) is 0.412. The molecule has 0 aliphatic heterocycles. The number of para-hydroxylation sites is 1. The third-order valence-corrected chi connectivity index (χ3v) is 4.17. The average Bonchev–Trinajstić information content (AvgIpc) is 2.53. The van der Waals surface area contributed by atoms with Gasteiger partial charge in [-0.15, -0.1) is 0 Å². The first-order valence-corrected chi connectivity index (χ1v) is 7.42. The molecule has 1 saturated carbocycles. The van der Waals surface area contributed by atoms with Crippen molar-refractivity contribution in [1.82, 2.24) is 4.98 Å². The maximum Gasteiger partial charge on any atom is 0.215 e. The summed E-state index contributed by atoms with van der Waals surface area (Å²) in [6.45, 7) is 0.462.